The van der Waals surface area contributed by atoms with Crippen LogP contribution in [0.2, 0.25) is 0 Å². The summed E-state index contributed by atoms with van der Waals surface area (Å²) in [4.78, 5) is 28.9. The van der Waals surface area contributed by atoms with Gasteiger partial charge in [0.15, 0.2) is 16.7 Å². The molecule has 1 N–H and O–H groups in total. The van der Waals surface area contributed by atoms with Gasteiger partial charge >= 0.3 is 0 Å². The van der Waals surface area contributed by atoms with Gasteiger partial charge in [0.05, 0.1) is 10.6 Å². The number of hydrogen-bond donors (Lipinski definition) is 1. The number of nitrogens with one attached hydrogen (secondary N) is 1. The number of nitrogens with zero attached hydrogens (tertiary/aromatic N) is 1. The van der Waals surface area contributed by atoms with E-state index in [2.05, 4.69) is 10.3 Å². The van der Waals surface area contributed by atoms with Crippen LogP contribution < -0.4 is 5.32 Å². The van der Waals surface area contributed by atoms with Crippen LogP contribution in [0.3, 0.4) is 0 Å². The number of aromatic nitrogens is 1. The summed E-state index contributed by atoms with van der Waals surface area (Å²) in [5, 5.41) is 2.46. The molecule has 0 bridgehead atoms. The lowest BCUT2D eigenvalue weighted by molar-refractivity contribution is 0.0989. The van der Waals surface area contributed by atoms with E-state index in [-0.39, 0.29) is 21.8 Å². The maximum Gasteiger partial charge on any atom is 0.293 e. The van der Waals surface area contributed by atoms with Crippen molar-refractivity contribution in [3.8, 4) is 11.3 Å². The maximum atomic E-state index is 12.3. The van der Waals surface area contributed by atoms with Crippen LogP contribution in [-0.2, 0) is 9.84 Å². The highest BCUT2D eigenvalue weighted by Gasteiger charge is 2.21. The third-order valence-electron chi connectivity index (χ3n) is 3.39. The summed E-state index contributed by atoms with van der Waals surface area (Å²) in [5.41, 5.74) is 1.24. The molecule has 1 amide bonds. The fraction of sp³-hybridized carbons (Fsp3) is 0.118. The number of thiazole rings is 1. The molecule has 0 aliphatic carbocycles. The minimum absolute atomic E-state index is 0.161. The molecular weight excluding hydrogens is 376 g/mol. The van der Waals surface area contributed by atoms with Crippen LogP contribution in [0.1, 0.15) is 27.2 Å². The summed E-state index contributed by atoms with van der Waals surface area (Å²) < 4.78 is 27.9. The summed E-state index contributed by atoms with van der Waals surface area (Å²) in [6.07, 6.45) is 0.986. The summed E-state index contributed by atoms with van der Waals surface area (Å²) >= 11 is 1.05. The molecule has 26 heavy (non-hydrogen) atoms. The first-order valence-electron chi connectivity index (χ1n) is 7.44. The van der Waals surface area contributed by atoms with Crippen LogP contribution in [0.25, 0.3) is 11.3 Å². The van der Waals surface area contributed by atoms with Crippen LogP contribution in [0, 0.1) is 0 Å². The van der Waals surface area contributed by atoms with Crippen LogP contribution >= 0.6 is 11.3 Å². The van der Waals surface area contributed by atoms with E-state index in [1.165, 1.54) is 19.1 Å². The average molecular weight is 390 g/mol. The second-order valence-electron chi connectivity index (χ2n) is 5.46. The summed E-state index contributed by atoms with van der Waals surface area (Å²) in [6, 6.07) is 11.6. The third kappa shape index (κ3) is 3.73. The Balaban J connectivity index is 1.90. The van der Waals surface area contributed by atoms with Gasteiger partial charge in [-0.1, -0.05) is 41.7 Å². The lowest BCUT2D eigenvalue weighted by Gasteiger charge is -1.99. The molecule has 2 heterocycles. The first-order valence-corrected chi connectivity index (χ1v) is 10.1. The number of amides is 1. The van der Waals surface area contributed by atoms with E-state index in [0.29, 0.717) is 10.6 Å². The number of rotatable bonds is 5. The Kier molecular flexibility index (Phi) is 4.75. The number of sulfone groups is 1. The highest BCUT2D eigenvalue weighted by molar-refractivity contribution is 7.90. The zero-order valence-electron chi connectivity index (χ0n) is 13.8. The van der Waals surface area contributed by atoms with Gasteiger partial charge in [-0.05, 0) is 12.1 Å². The predicted molar refractivity (Wildman–Crippen MR) is 97.3 cm³/mol. The van der Waals surface area contributed by atoms with E-state index < -0.39 is 15.7 Å². The van der Waals surface area contributed by atoms with E-state index in [0.717, 1.165) is 23.2 Å². The largest absolute Gasteiger partial charge is 0.440 e. The van der Waals surface area contributed by atoms with Crippen LogP contribution in [0.5, 0.6) is 0 Å². The van der Waals surface area contributed by atoms with Crippen molar-refractivity contribution in [2.24, 2.45) is 0 Å². The normalized spacial score (nSPS) is 11.3. The Morgan fingerprint density at radius 2 is 1.81 bits per heavy atom. The summed E-state index contributed by atoms with van der Waals surface area (Å²) in [7, 11) is -3.54. The molecule has 0 radical (unpaired) electrons. The molecule has 2 aromatic heterocycles. The second kappa shape index (κ2) is 6.85. The van der Waals surface area contributed by atoms with Gasteiger partial charge in [-0.25, -0.2) is 13.4 Å². The van der Waals surface area contributed by atoms with Crippen molar-refractivity contribution < 1.29 is 22.4 Å². The van der Waals surface area contributed by atoms with Crippen LogP contribution in [0.15, 0.2) is 52.0 Å². The SMILES string of the molecule is CC(=O)c1sc(NC(=O)c2ccc(S(C)(=O)=O)o2)nc1-c1ccccc1. The van der Waals surface area contributed by atoms with Gasteiger partial charge in [-0.3, -0.25) is 14.9 Å². The topological polar surface area (TPSA) is 106 Å². The minimum atomic E-state index is -3.54. The molecule has 0 saturated heterocycles. The molecule has 0 aliphatic heterocycles. The first-order chi connectivity index (χ1) is 12.3. The van der Waals surface area contributed by atoms with Gasteiger partial charge in [0, 0.05) is 18.7 Å². The molecule has 0 fully saturated rings. The number of Topliss-reactive ketones (excluding diaryl/α,β-unsaturated/α-hetero) is 1. The zero-order valence-corrected chi connectivity index (χ0v) is 15.5. The molecule has 0 aliphatic rings. The monoisotopic (exact) mass is 390 g/mol. The molecule has 0 atom stereocenters. The van der Waals surface area contributed by atoms with Crippen molar-refractivity contribution in [3.05, 3.63) is 53.1 Å². The molecule has 3 rings (SSSR count). The molecule has 0 saturated carbocycles. The zero-order chi connectivity index (χ0) is 18.9. The van der Waals surface area contributed by atoms with Gasteiger partial charge in [0.1, 0.15) is 0 Å². The highest BCUT2D eigenvalue weighted by Crippen LogP contribution is 2.31. The molecule has 9 heteroatoms. The number of carbonyl (C=O) groups is 2. The molecule has 0 spiro atoms. The Morgan fingerprint density at radius 3 is 2.38 bits per heavy atom. The molecule has 0 unspecified atom stereocenters. The van der Waals surface area contributed by atoms with Crippen LogP contribution in [-0.4, -0.2) is 31.3 Å². The smallest absolute Gasteiger partial charge is 0.293 e. The standard InChI is InChI=1S/C17H14N2O5S2/c1-10(20)15-14(11-6-4-3-5-7-11)18-17(25-15)19-16(21)12-8-9-13(24-12)26(2,22)23/h3-9H,1-2H3,(H,18,19,21). The Labute approximate surface area is 153 Å². The Hall–Kier alpha value is -2.78. The number of furan rings is 1. The van der Waals surface area contributed by atoms with Gasteiger partial charge in [-0.15, -0.1) is 0 Å². The minimum Gasteiger partial charge on any atom is -0.440 e. The second-order valence-corrected chi connectivity index (χ2v) is 8.41. The number of carbonyl (C=O) groups excluding carboxylic acids is 2. The van der Waals surface area contributed by atoms with Gasteiger partial charge in [-0.2, -0.15) is 0 Å². The Morgan fingerprint density at radius 1 is 1.12 bits per heavy atom. The number of anilines is 1. The fourth-order valence-corrected chi connectivity index (χ4v) is 3.64. The number of hydrogen-bond acceptors (Lipinski definition) is 7. The van der Waals surface area contributed by atoms with E-state index >= 15 is 0 Å². The summed E-state index contributed by atoms with van der Waals surface area (Å²) in [5.74, 6) is -0.978. The third-order valence-corrected chi connectivity index (χ3v) is 5.41. The van der Waals surface area contributed by atoms with Crippen molar-refractivity contribution in [3.63, 3.8) is 0 Å². The maximum absolute atomic E-state index is 12.3. The van der Waals surface area contributed by atoms with E-state index in [1.54, 1.807) is 0 Å². The van der Waals surface area contributed by atoms with Crippen molar-refractivity contribution in [2.75, 3.05) is 11.6 Å². The molecule has 7 nitrogen and oxygen atoms in total. The Bertz CT molecular complexity index is 1080. The summed E-state index contributed by atoms with van der Waals surface area (Å²) in [6.45, 7) is 1.43. The average Bonchev–Trinajstić information content (AvgIpc) is 3.22. The highest BCUT2D eigenvalue weighted by atomic mass is 32.2. The lowest BCUT2D eigenvalue weighted by Crippen LogP contribution is -2.10. The lowest BCUT2D eigenvalue weighted by atomic mass is 10.1. The predicted octanol–water partition coefficient (Wildman–Crippen LogP) is 3.26. The molecular formula is C17H14N2O5S2. The van der Waals surface area contributed by atoms with Gasteiger partial charge in [0.2, 0.25) is 14.9 Å². The molecule has 134 valence electrons. The number of benzene rings is 1. The quantitative estimate of drug-likeness (QED) is 0.670. The fourth-order valence-electron chi connectivity index (χ4n) is 2.20. The van der Waals surface area contributed by atoms with Gasteiger partial charge in [0.25, 0.3) is 5.91 Å². The molecule has 3 aromatic rings. The van der Waals surface area contributed by atoms with Crippen LogP contribution in [0.4, 0.5) is 5.13 Å². The first kappa shape index (κ1) is 18.0. The van der Waals surface area contributed by atoms with Gasteiger partial charge < -0.3 is 4.42 Å². The molecule has 1 aromatic carbocycles. The van der Waals surface area contributed by atoms with Crippen molar-refractivity contribution >= 4 is 38.0 Å². The number of ketones is 1. The van der Waals surface area contributed by atoms with E-state index in [9.17, 15) is 18.0 Å². The van der Waals surface area contributed by atoms with E-state index in [1.807, 2.05) is 30.3 Å². The van der Waals surface area contributed by atoms with Crippen molar-refractivity contribution in [2.45, 2.75) is 12.0 Å². The van der Waals surface area contributed by atoms with E-state index in [4.69, 9.17) is 4.42 Å². The van der Waals surface area contributed by atoms with Crippen molar-refractivity contribution in [1.82, 2.24) is 4.98 Å². The van der Waals surface area contributed by atoms with Crippen molar-refractivity contribution in [1.29, 1.82) is 0 Å².